The molecule has 3 aromatic rings. The molecule has 0 radical (unpaired) electrons. The molecule has 0 aliphatic rings. The second-order valence-corrected chi connectivity index (χ2v) is 5.76. The lowest BCUT2D eigenvalue weighted by molar-refractivity contribution is 0.439. The second-order valence-electron chi connectivity index (χ2n) is 4.40. The molecular formula is C15H9BrClFN2O. The van der Waals surface area contributed by atoms with Crippen LogP contribution in [0.3, 0.4) is 0 Å². The zero-order valence-corrected chi connectivity index (χ0v) is 13.0. The van der Waals surface area contributed by atoms with Crippen molar-refractivity contribution in [2.45, 2.75) is 0 Å². The summed E-state index contributed by atoms with van der Waals surface area (Å²) < 4.78 is 20.0. The summed E-state index contributed by atoms with van der Waals surface area (Å²) in [5.74, 6) is -0.343. The van der Waals surface area contributed by atoms with Gasteiger partial charge in [-0.2, -0.15) is 0 Å². The number of halogens is 3. The van der Waals surface area contributed by atoms with Crippen LogP contribution in [0.4, 0.5) is 10.3 Å². The third kappa shape index (κ3) is 2.66. The number of aromatic nitrogens is 1. The average molecular weight is 368 g/mol. The monoisotopic (exact) mass is 366 g/mol. The molecular weight excluding hydrogens is 359 g/mol. The van der Waals surface area contributed by atoms with Crippen LogP contribution in [0.25, 0.3) is 22.4 Å². The van der Waals surface area contributed by atoms with Crippen LogP contribution in [0.5, 0.6) is 0 Å². The van der Waals surface area contributed by atoms with E-state index in [1.807, 2.05) is 24.3 Å². The van der Waals surface area contributed by atoms with Crippen LogP contribution >= 0.6 is 27.5 Å². The third-order valence-electron chi connectivity index (χ3n) is 3.02. The first-order chi connectivity index (χ1) is 10.1. The Hall–Kier alpha value is -1.85. The predicted molar refractivity (Wildman–Crippen MR) is 84.5 cm³/mol. The summed E-state index contributed by atoms with van der Waals surface area (Å²) in [4.78, 5) is 0. The summed E-state index contributed by atoms with van der Waals surface area (Å²) in [6, 6.07) is 11.8. The van der Waals surface area contributed by atoms with Crippen LogP contribution in [0.15, 0.2) is 51.5 Å². The molecule has 0 saturated carbocycles. The summed E-state index contributed by atoms with van der Waals surface area (Å²) in [6.07, 6.45) is 0. The smallest absolute Gasteiger partial charge is 0.230 e. The van der Waals surface area contributed by atoms with Gasteiger partial charge in [0.05, 0.1) is 5.56 Å². The van der Waals surface area contributed by atoms with Crippen LogP contribution in [0.1, 0.15) is 0 Å². The molecule has 0 bridgehead atoms. The summed E-state index contributed by atoms with van der Waals surface area (Å²) in [5, 5.41) is 4.20. The molecule has 0 unspecified atom stereocenters. The molecule has 0 amide bonds. The van der Waals surface area contributed by atoms with Crippen molar-refractivity contribution in [1.29, 1.82) is 0 Å². The average Bonchev–Trinajstić information content (AvgIpc) is 2.80. The fourth-order valence-electron chi connectivity index (χ4n) is 2.09. The van der Waals surface area contributed by atoms with Gasteiger partial charge in [0.2, 0.25) is 5.88 Å². The van der Waals surface area contributed by atoms with Gasteiger partial charge in [0, 0.05) is 15.1 Å². The number of nitrogens with zero attached hydrogens (tertiary/aromatic N) is 1. The molecule has 0 fully saturated rings. The summed E-state index contributed by atoms with van der Waals surface area (Å²) >= 11 is 9.17. The van der Waals surface area contributed by atoms with Crippen LogP contribution < -0.4 is 5.73 Å². The molecule has 0 aliphatic heterocycles. The van der Waals surface area contributed by atoms with Gasteiger partial charge in [0.15, 0.2) is 0 Å². The summed E-state index contributed by atoms with van der Waals surface area (Å²) in [6.45, 7) is 0. The lowest BCUT2D eigenvalue weighted by Gasteiger charge is -2.05. The number of nitrogen functional groups attached to an aromatic ring is 1. The molecule has 3 nitrogen and oxygen atoms in total. The number of hydrogen-bond donors (Lipinski definition) is 1. The van der Waals surface area contributed by atoms with Crippen LogP contribution in [0.2, 0.25) is 5.02 Å². The lowest BCUT2D eigenvalue weighted by Crippen LogP contribution is -1.90. The molecule has 106 valence electrons. The molecule has 0 atom stereocenters. The lowest BCUT2D eigenvalue weighted by atomic mass is 10.0. The highest BCUT2D eigenvalue weighted by Crippen LogP contribution is 2.38. The number of nitrogens with two attached hydrogens (primary N) is 1. The predicted octanol–water partition coefficient (Wildman–Crippen LogP) is 5.15. The van der Waals surface area contributed by atoms with Crippen LogP contribution in [0, 0.1) is 5.82 Å². The number of anilines is 1. The fourth-order valence-corrected chi connectivity index (χ4v) is 2.65. The van der Waals surface area contributed by atoms with Crippen molar-refractivity contribution in [1.82, 2.24) is 5.16 Å². The standard InChI is InChI=1S/C15H9BrClFN2O/c16-9-3-1-2-8(6-9)13-14(20-21-15(13)19)11-5-4-10(17)7-12(11)18/h1-7H,19H2. The Kier molecular flexibility index (Phi) is 3.69. The van der Waals surface area contributed by atoms with Gasteiger partial charge in [-0.15, -0.1) is 0 Å². The number of hydrogen-bond acceptors (Lipinski definition) is 3. The maximum Gasteiger partial charge on any atom is 0.230 e. The van der Waals surface area contributed by atoms with Gasteiger partial charge in [-0.25, -0.2) is 4.39 Å². The van der Waals surface area contributed by atoms with Gasteiger partial charge in [-0.3, -0.25) is 0 Å². The zero-order valence-electron chi connectivity index (χ0n) is 10.6. The van der Waals surface area contributed by atoms with E-state index in [-0.39, 0.29) is 11.4 Å². The topological polar surface area (TPSA) is 52.0 Å². The molecule has 1 heterocycles. The zero-order chi connectivity index (χ0) is 15.0. The molecule has 21 heavy (non-hydrogen) atoms. The van der Waals surface area contributed by atoms with Gasteiger partial charge >= 0.3 is 0 Å². The molecule has 0 spiro atoms. The maximum atomic E-state index is 14.1. The Morgan fingerprint density at radius 1 is 1.19 bits per heavy atom. The van der Waals surface area contributed by atoms with E-state index < -0.39 is 5.82 Å². The van der Waals surface area contributed by atoms with Gasteiger partial charge in [0.1, 0.15) is 11.5 Å². The van der Waals surface area contributed by atoms with Crippen molar-refractivity contribution < 1.29 is 8.91 Å². The maximum absolute atomic E-state index is 14.1. The van der Waals surface area contributed by atoms with E-state index in [0.717, 1.165) is 10.0 Å². The molecule has 0 saturated heterocycles. The molecule has 3 rings (SSSR count). The minimum atomic E-state index is -0.480. The second kappa shape index (κ2) is 5.50. The van der Waals surface area contributed by atoms with E-state index in [4.69, 9.17) is 21.9 Å². The minimum absolute atomic E-state index is 0.137. The Bertz CT molecular complexity index is 819. The van der Waals surface area contributed by atoms with Gasteiger partial charge in [-0.05, 0) is 35.9 Å². The van der Waals surface area contributed by atoms with E-state index >= 15 is 0 Å². The van der Waals surface area contributed by atoms with Crippen molar-refractivity contribution in [3.05, 3.63) is 57.8 Å². The van der Waals surface area contributed by atoms with Crippen molar-refractivity contribution in [3.63, 3.8) is 0 Å². The summed E-state index contributed by atoms with van der Waals surface area (Å²) in [7, 11) is 0. The van der Waals surface area contributed by atoms with Gasteiger partial charge in [-0.1, -0.05) is 44.8 Å². The summed E-state index contributed by atoms with van der Waals surface area (Å²) in [5.41, 5.74) is 7.82. The molecule has 1 aromatic heterocycles. The highest BCUT2D eigenvalue weighted by atomic mass is 79.9. The van der Waals surface area contributed by atoms with Crippen molar-refractivity contribution in [2.24, 2.45) is 0 Å². The molecule has 2 aromatic carbocycles. The number of benzene rings is 2. The molecule has 6 heteroatoms. The van der Waals surface area contributed by atoms with E-state index in [0.29, 0.717) is 16.3 Å². The minimum Gasteiger partial charge on any atom is -0.367 e. The van der Waals surface area contributed by atoms with Crippen molar-refractivity contribution >= 4 is 33.4 Å². The van der Waals surface area contributed by atoms with E-state index in [9.17, 15) is 4.39 Å². The van der Waals surface area contributed by atoms with Crippen LogP contribution in [-0.2, 0) is 0 Å². The van der Waals surface area contributed by atoms with Gasteiger partial charge < -0.3 is 10.3 Å². The third-order valence-corrected chi connectivity index (χ3v) is 3.75. The first kappa shape index (κ1) is 14.1. The normalized spacial score (nSPS) is 10.8. The van der Waals surface area contributed by atoms with E-state index in [1.54, 1.807) is 12.1 Å². The highest BCUT2D eigenvalue weighted by Gasteiger charge is 2.20. The Morgan fingerprint density at radius 2 is 2.00 bits per heavy atom. The van der Waals surface area contributed by atoms with Crippen molar-refractivity contribution in [2.75, 3.05) is 5.73 Å². The number of rotatable bonds is 2. The van der Waals surface area contributed by atoms with Gasteiger partial charge in [0.25, 0.3) is 0 Å². The SMILES string of the molecule is Nc1onc(-c2ccc(Cl)cc2F)c1-c1cccc(Br)c1. The van der Waals surface area contributed by atoms with E-state index in [2.05, 4.69) is 21.1 Å². The van der Waals surface area contributed by atoms with Crippen molar-refractivity contribution in [3.8, 4) is 22.4 Å². The Labute approximate surface area is 133 Å². The quantitative estimate of drug-likeness (QED) is 0.682. The fraction of sp³-hybridized carbons (Fsp3) is 0. The molecule has 2 N–H and O–H groups in total. The first-order valence-electron chi connectivity index (χ1n) is 6.03. The Morgan fingerprint density at radius 3 is 2.71 bits per heavy atom. The van der Waals surface area contributed by atoms with E-state index in [1.165, 1.54) is 6.07 Å². The largest absolute Gasteiger partial charge is 0.367 e. The molecule has 0 aliphatic carbocycles. The highest BCUT2D eigenvalue weighted by molar-refractivity contribution is 9.10. The first-order valence-corrected chi connectivity index (χ1v) is 7.20. The van der Waals surface area contributed by atoms with Crippen LogP contribution in [-0.4, -0.2) is 5.16 Å². The Balaban J connectivity index is 2.22.